The maximum Gasteiger partial charge on any atom is 0.143 e. The van der Waals surface area contributed by atoms with Crippen molar-refractivity contribution in [3.63, 3.8) is 0 Å². The van der Waals surface area contributed by atoms with Crippen molar-refractivity contribution in [1.82, 2.24) is 0 Å². The van der Waals surface area contributed by atoms with E-state index in [0.717, 1.165) is 25.1 Å². The number of halogens is 1. The molecule has 1 aromatic carbocycles. The molecule has 0 radical (unpaired) electrons. The van der Waals surface area contributed by atoms with Gasteiger partial charge in [0, 0.05) is 24.8 Å². The molecule has 4 nitrogen and oxygen atoms in total. The molecule has 1 saturated heterocycles. The van der Waals surface area contributed by atoms with Crippen molar-refractivity contribution in [3.8, 4) is 11.5 Å². The predicted molar refractivity (Wildman–Crippen MR) is 72.0 cm³/mol. The molecule has 0 spiro atoms. The number of hydrogen-bond donors (Lipinski definition) is 1. The predicted octanol–water partition coefficient (Wildman–Crippen LogP) is 2.95. The molecular formula is C13H18ClNO3. The summed E-state index contributed by atoms with van der Waals surface area (Å²) in [5, 5.41) is 3.96. The summed E-state index contributed by atoms with van der Waals surface area (Å²) < 4.78 is 16.0. The molecule has 1 atom stereocenters. The third-order valence-corrected chi connectivity index (χ3v) is 3.29. The van der Waals surface area contributed by atoms with E-state index in [9.17, 15) is 0 Å². The van der Waals surface area contributed by atoms with Crippen LogP contribution in [0.5, 0.6) is 11.5 Å². The van der Waals surface area contributed by atoms with Crippen molar-refractivity contribution >= 4 is 17.3 Å². The van der Waals surface area contributed by atoms with Gasteiger partial charge in [0.2, 0.25) is 0 Å². The van der Waals surface area contributed by atoms with E-state index in [0.29, 0.717) is 29.2 Å². The fourth-order valence-corrected chi connectivity index (χ4v) is 2.28. The molecule has 0 saturated carbocycles. The topological polar surface area (TPSA) is 39.7 Å². The van der Waals surface area contributed by atoms with Gasteiger partial charge in [0.05, 0.1) is 31.5 Å². The van der Waals surface area contributed by atoms with Gasteiger partial charge >= 0.3 is 0 Å². The van der Waals surface area contributed by atoms with Crippen LogP contribution in [0.2, 0.25) is 5.02 Å². The fraction of sp³-hybridized carbons (Fsp3) is 0.538. The van der Waals surface area contributed by atoms with Crippen LogP contribution in [0.4, 0.5) is 5.69 Å². The Balaban J connectivity index is 2.18. The lowest BCUT2D eigenvalue weighted by Crippen LogP contribution is -2.30. The van der Waals surface area contributed by atoms with Gasteiger partial charge in [-0.1, -0.05) is 11.6 Å². The molecular weight excluding hydrogens is 254 g/mol. The third kappa shape index (κ3) is 3.00. The average Bonchev–Trinajstić information content (AvgIpc) is 2.41. The minimum Gasteiger partial charge on any atom is -0.495 e. The summed E-state index contributed by atoms with van der Waals surface area (Å²) in [7, 11) is 3.22. The fourth-order valence-electron chi connectivity index (χ4n) is 2.05. The van der Waals surface area contributed by atoms with E-state index in [4.69, 9.17) is 25.8 Å². The first-order chi connectivity index (χ1) is 8.74. The Hall–Kier alpha value is -1.13. The van der Waals surface area contributed by atoms with E-state index in [1.807, 2.05) is 6.07 Å². The van der Waals surface area contributed by atoms with Crippen LogP contribution in [0.15, 0.2) is 12.1 Å². The van der Waals surface area contributed by atoms with E-state index in [-0.39, 0.29) is 0 Å². The quantitative estimate of drug-likeness (QED) is 0.914. The van der Waals surface area contributed by atoms with Crippen LogP contribution < -0.4 is 14.8 Å². The Morgan fingerprint density at radius 1 is 1.28 bits per heavy atom. The molecule has 5 heteroatoms. The van der Waals surface area contributed by atoms with Crippen LogP contribution in [0.3, 0.4) is 0 Å². The maximum absolute atomic E-state index is 6.07. The summed E-state index contributed by atoms with van der Waals surface area (Å²) in [6.45, 7) is 1.56. The standard InChI is InChI=1S/C13H18ClNO3/c1-16-12-7-11(13(17-2)6-10(12)14)15-9-4-3-5-18-8-9/h6-7,9,15H,3-5,8H2,1-2H3. The molecule has 2 rings (SSSR count). The maximum atomic E-state index is 6.07. The van der Waals surface area contributed by atoms with E-state index in [2.05, 4.69) is 5.32 Å². The summed E-state index contributed by atoms with van der Waals surface area (Å²) in [6, 6.07) is 3.92. The van der Waals surface area contributed by atoms with Crippen LogP contribution in [0, 0.1) is 0 Å². The largest absolute Gasteiger partial charge is 0.495 e. The Morgan fingerprint density at radius 3 is 2.67 bits per heavy atom. The van der Waals surface area contributed by atoms with Crippen molar-refractivity contribution in [2.24, 2.45) is 0 Å². The molecule has 0 bridgehead atoms. The van der Waals surface area contributed by atoms with E-state index < -0.39 is 0 Å². The molecule has 0 amide bonds. The Morgan fingerprint density at radius 2 is 2.06 bits per heavy atom. The van der Waals surface area contributed by atoms with Crippen LogP contribution in [0.1, 0.15) is 12.8 Å². The molecule has 1 unspecified atom stereocenters. The van der Waals surface area contributed by atoms with Crippen molar-refractivity contribution in [3.05, 3.63) is 17.2 Å². The number of rotatable bonds is 4. The second kappa shape index (κ2) is 6.16. The molecule has 0 aromatic heterocycles. The molecule has 18 heavy (non-hydrogen) atoms. The number of benzene rings is 1. The van der Waals surface area contributed by atoms with E-state index in [1.165, 1.54) is 0 Å². The smallest absolute Gasteiger partial charge is 0.143 e. The number of anilines is 1. The van der Waals surface area contributed by atoms with Gasteiger partial charge in [-0.2, -0.15) is 0 Å². The SMILES string of the molecule is COc1cc(NC2CCCOC2)c(OC)cc1Cl. The van der Waals surface area contributed by atoms with Crippen molar-refractivity contribution in [2.75, 3.05) is 32.8 Å². The molecule has 1 heterocycles. The first kappa shape index (κ1) is 13.3. The van der Waals surface area contributed by atoms with Gasteiger partial charge in [0.15, 0.2) is 0 Å². The first-order valence-electron chi connectivity index (χ1n) is 6.00. The number of ether oxygens (including phenoxy) is 3. The summed E-state index contributed by atoms with van der Waals surface area (Å²) in [4.78, 5) is 0. The van der Waals surface area contributed by atoms with E-state index >= 15 is 0 Å². The zero-order chi connectivity index (χ0) is 13.0. The lowest BCUT2D eigenvalue weighted by Gasteiger charge is -2.25. The molecule has 1 N–H and O–H groups in total. The highest BCUT2D eigenvalue weighted by Gasteiger charge is 2.17. The number of methoxy groups -OCH3 is 2. The number of nitrogens with one attached hydrogen (secondary N) is 1. The van der Waals surface area contributed by atoms with Gasteiger partial charge in [0.25, 0.3) is 0 Å². The van der Waals surface area contributed by atoms with Crippen molar-refractivity contribution in [2.45, 2.75) is 18.9 Å². The molecule has 1 aromatic rings. The Kier molecular flexibility index (Phi) is 4.55. The summed E-state index contributed by atoms with van der Waals surface area (Å²) in [6.07, 6.45) is 2.17. The number of hydrogen-bond acceptors (Lipinski definition) is 4. The zero-order valence-corrected chi connectivity index (χ0v) is 11.4. The second-order valence-electron chi connectivity index (χ2n) is 4.25. The Labute approximate surface area is 112 Å². The summed E-state index contributed by atoms with van der Waals surface area (Å²) in [5.41, 5.74) is 0.884. The molecule has 100 valence electrons. The lowest BCUT2D eigenvalue weighted by molar-refractivity contribution is 0.0875. The highest BCUT2D eigenvalue weighted by atomic mass is 35.5. The van der Waals surface area contributed by atoms with Gasteiger partial charge in [-0.25, -0.2) is 0 Å². The van der Waals surface area contributed by atoms with Crippen LogP contribution in [-0.2, 0) is 4.74 Å². The van der Waals surface area contributed by atoms with Crippen molar-refractivity contribution in [1.29, 1.82) is 0 Å². The van der Waals surface area contributed by atoms with Crippen LogP contribution >= 0.6 is 11.6 Å². The lowest BCUT2D eigenvalue weighted by atomic mass is 10.1. The molecule has 1 fully saturated rings. The molecule has 1 aliphatic rings. The molecule has 1 aliphatic heterocycles. The molecule has 0 aliphatic carbocycles. The zero-order valence-electron chi connectivity index (χ0n) is 10.7. The van der Waals surface area contributed by atoms with Gasteiger partial charge < -0.3 is 19.5 Å². The highest BCUT2D eigenvalue weighted by Crippen LogP contribution is 2.36. The monoisotopic (exact) mass is 271 g/mol. The minimum atomic E-state index is 0.304. The second-order valence-corrected chi connectivity index (χ2v) is 4.65. The third-order valence-electron chi connectivity index (χ3n) is 2.99. The van der Waals surface area contributed by atoms with Gasteiger partial charge in [-0.05, 0) is 12.8 Å². The first-order valence-corrected chi connectivity index (χ1v) is 6.38. The van der Waals surface area contributed by atoms with Gasteiger partial charge in [-0.15, -0.1) is 0 Å². The van der Waals surface area contributed by atoms with Gasteiger partial charge in [0.1, 0.15) is 11.5 Å². The van der Waals surface area contributed by atoms with Crippen LogP contribution in [0.25, 0.3) is 0 Å². The summed E-state index contributed by atoms with van der Waals surface area (Å²) >= 11 is 6.07. The average molecular weight is 272 g/mol. The highest BCUT2D eigenvalue weighted by molar-refractivity contribution is 6.32. The van der Waals surface area contributed by atoms with Gasteiger partial charge in [-0.3, -0.25) is 0 Å². The normalized spacial score (nSPS) is 19.4. The minimum absolute atomic E-state index is 0.304. The van der Waals surface area contributed by atoms with E-state index in [1.54, 1.807) is 20.3 Å². The summed E-state index contributed by atoms with van der Waals surface area (Å²) in [5.74, 6) is 1.35. The van der Waals surface area contributed by atoms with Crippen molar-refractivity contribution < 1.29 is 14.2 Å². The van der Waals surface area contributed by atoms with Crippen LogP contribution in [-0.4, -0.2) is 33.5 Å². The Bertz CT molecular complexity index is 405.